The van der Waals surface area contributed by atoms with Crippen molar-refractivity contribution < 1.29 is 53.5 Å². The third kappa shape index (κ3) is 7.34. The fourth-order valence-electron chi connectivity index (χ4n) is 1.96. The van der Waals surface area contributed by atoms with Gasteiger partial charge in [-0.2, -0.15) is 0 Å². The summed E-state index contributed by atoms with van der Waals surface area (Å²) >= 11 is 0. The number of oxime groups is 2. The highest BCUT2D eigenvalue weighted by molar-refractivity contribution is 5.82. The maximum Gasteiger partial charge on any atom is 0.169 e. The summed E-state index contributed by atoms with van der Waals surface area (Å²) in [7, 11) is 0. The van der Waals surface area contributed by atoms with Gasteiger partial charge in [0, 0.05) is 23.3 Å². The predicted molar refractivity (Wildman–Crippen MR) is 82.0 cm³/mol. The first-order valence-electron chi connectivity index (χ1n) is 6.61. The van der Waals surface area contributed by atoms with Gasteiger partial charge in [-0.05, 0) is 12.2 Å². The Morgan fingerprint density at radius 1 is 0.870 bits per heavy atom. The van der Waals surface area contributed by atoms with Gasteiger partial charge in [-0.15, -0.1) is 0 Å². The van der Waals surface area contributed by atoms with Crippen molar-refractivity contribution >= 4 is 24.9 Å². The Balaban J connectivity index is 0.00000242. The molecule has 2 aliphatic heterocycles. The van der Waals surface area contributed by atoms with Gasteiger partial charge in [0.2, 0.25) is 0 Å². The molecule has 23 heavy (non-hydrogen) atoms. The predicted octanol–water partition coefficient (Wildman–Crippen LogP) is -4.62. The Morgan fingerprint density at radius 3 is 1.61 bits per heavy atom. The smallest absolute Gasteiger partial charge is 0.169 e. The van der Waals surface area contributed by atoms with Crippen molar-refractivity contribution in [3.63, 3.8) is 0 Å². The number of rotatable bonds is 4. The highest BCUT2D eigenvalue weighted by Gasteiger charge is 2.07. The third-order valence-corrected chi connectivity index (χ3v) is 3.09. The van der Waals surface area contributed by atoms with Crippen LogP contribution in [0.3, 0.4) is 0 Å². The molecule has 0 bridgehead atoms. The number of nitrogens with zero attached hydrogens (tertiary/aromatic N) is 4. The molecule has 2 N–H and O–H groups in total. The van der Waals surface area contributed by atoms with Gasteiger partial charge in [-0.1, -0.05) is 10.3 Å². The standard InChI is InChI=1S/C15H16N4O2.2BrH/c20-16-12-14-2-8-18(9-3-14)6-1-7-19-10-4-15(5-11-19)13-17-21;;/h2-8,10,12-13H,1,9,11H2;2*1H. The van der Waals surface area contributed by atoms with Crippen LogP contribution in [-0.2, 0) is 0 Å². The maximum absolute atomic E-state index is 8.45. The molecule has 0 atom stereocenters. The van der Waals surface area contributed by atoms with E-state index < -0.39 is 0 Å². The normalized spacial score (nSPS) is 20.5. The minimum atomic E-state index is 0. The molecule has 2 heterocycles. The minimum Gasteiger partial charge on any atom is -1.00 e. The van der Waals surface area contributed by atoms with E-state index in [0.717, 1.165) is 30.7 Å². The second-order valence-corrected chi connectivity index (χ2v) is 4.52. The number of hydrogen-bond donors (Lipinski definition) is 2. The van der Waals surface area contributed by atoms with E-state index in [2.05, 4.69) is 31.9 Å². The van der Waals surface area contributed by atoms with E-state index in [9.17, 15) is 0 Å². The summed E-state index contributed by atoms with van der Waals surface area (Å²) in [5.41, 5.74) is 1.79. The molecule has 2 aliphatic rings. The maximum atomic E-state index is 8.45. The monoisotopic (exact) mass is 444 g/mol. The van der Waals surface area contributed by atoms with Crippen LogP contribution < -0.4 is 34.0 Å². The first-order valence-corrected chi connectivity index (χ1v) is 6.61. The third-order valence-electron chi connectivity index (χ3n) is 3.09. The van der Waals surface area contributed by atoms with E-state index in [1.165, 1.54) is 12.4 Å². The van der Waals surface area contributed by atoms with Crippen LogP contribution in [0.4, 0.5) is 0 Å². The van der Waals surface area contributed by atoms with Crippen molar-refractivity contribution in [3.8, 4) is 0 Å². The Kier molecular flexibility index (Phi) is 10.8. The SMILES string of the molecule is ON=CC1=CC[N+](=CCC=[N+]2C=CC(C=NO)=CC2)C=C1.[Br-].[Br-]. The van der Waals surface area contributed by atoms with Crippen molar-refractivity contribution in [1.29, 1.82) is 0 Å². The van der Waals surface area contributed by atoms with Crippen LogP contribution in [0.5, 0.6) is 0 Å². The Bertz CT molecular complexity index is 575. The number of allylic oxidation sites excluding steroid dienone is 4. The second-order valence-electron chi connectivity index (χ2n) is 4.52. The highest BCUT2D eigenvalue weighted by Crippen LogP contribution is 2.01. The van der Waals surface area contributed by atoms with Crippen LogP contribution in [0.2, 0.25) is 0 Å². The summed E-state index contributed by atoms with van der Waals surface area (Å²) in [6, 6.07) is 0. The van der Waals surface area contributed by atoms with Crippen LogP contribution in [-0.4, -0.2) is 57.5 Å². The van der Waals surface area contributed by atoms with Crippen molar-refractivity contribution in [2.75, 3.05) is 13.1 Å². The molecule has 0 aromatic rings. The van der Waals surface area contributed by atoms with Crippen LogP contribution in [0.25, 0.3) is 0 Å². The second kappa shape index (κ2) is 11.7. The van der Waals surface area contributed by atoms with Gasteiger partial charge in [0.05, 0.1) is 12.4 Å². The van der Waals surface area contributed by atoms with Crippen molar-refractivity contribution in [2.24, 2.45) is 10.3 Å². The molecule has 0 radical (unpaired) electrons. The van der Waals surface area contributed by atoms with Gasteiger partial charge in [-0.3, -0.25) is 0 Å². The van der Waals surface area contributed by atoms with Gasteiger partial charge in [0.15, 0.2) is 37.9 Å². The first kappa shape index (κ1) is 21.2. The lowest BCUT2D eigenvalue weighted by atomic mass is 10.2. The fraction of sp³-hybridized carbons (Fsp3) is 0.200. The highest BCUT2D eigenvalue weighted by atomic mass is 79.9. The van der Waals surface area contributed by atoms with Crippen LogP contribution in [0.1, 0.15) is 6.42 Å². The molecule has 124 valence electrons. The molecule has 0 saturated carbocycles. The molecule has 0 amide bonds. The molecule has 0 unspecified atom stereocenters. The van der Waals surface area contributed by atoms with Gasteiger partial charge in [0.1, 0.15) is 6.42 Å². The molecule has 0 aromatic carbocycles. The molecule has 6 nitrogen and oxygen atoms in total. The van der Waals surface area contributed by atoms with Gasteiger partial charge in [0.25, 0.3) is 0 Å². The van der Waals surface area contributed by atoms with Crippen molar-refractivity contribution in [2.45, 2.75) is 6.42 Å². The van der Waals surface area contributed by atoms with Gasteiger partial charge in [-0.25, -0.2) is 9.15 Å². The van der Waals surface area contributed by atoms with Gasteiger partial charge >= 0.3 is 0 Å². The van der Waals surface area contributed by atoms with E-state index >= 15 is 0 Å². The van der Waals surface area contributed by atoms with E-state index in [-0.39, 0.29) is 34.0 Å². The van der Waals surface area contributed by atoms with E-state index in [0.29, 0.717) is 0 Å². The summed E-state index contributed by atoms with van der Waals surface area (Å²) in [6.45, 7) is 1.52. The molecule has 0 fully saturated rings. The van der Waals surface area contributed by atoms with Crippen LogP contribution in [0, 0.1) is 0 Å². The number of halogens is 2. The zero-order valence-corrected chi connectivity index (χ0v) is 15.5. The Hall–Kier alpha value is -1.80. The minimum absolute atomic E-state index is 0. The summed E-state index contributed by atoms with van der Waals surface area (Å²) in [6.07, 6.45) is 19.5. The molecule has 0 aliphatic carbocycles. The molecular weight excluding hydrogens is 428 g/mol. The first-order chi connectivity index (χ1) is 10.3. The number of hydrogen-bond acceptors (Lipinski definition) is 4. The molecular formula is C15H18Br2N4O2. The molecule has 0 spiro atoms. The van der Waals surface area contributed by atoms with Gasteiger partial charge < -0.3 is 44.4 Å². The van der Waals surface area contributed by atoms with Crippen molar-refractivity contribution in [1.82, 2.24) is 0 Å². The van der Waals surface area contributed by atoms with Crippen molar-refractivity contribution in [3.05, 3.63) is 47.9 Å². The average molecular weight is 446 g/mol. The Labute approximate surface area is 156 Å². The fourth-order valence-corrected chi connectivity index (χ4v) is 1.96. The molecule has 2 rings (SSSR count). The summed E-state index contributed by atoms with van der Waals surface area (Å²) in [5.74, 6) is 0. The van der Waals surface area contributed by atoms with E-state index in [1.807, 2.05) is 36.7 Å². The zero-order chi connectivity index (χ0) is 14.9. The average Bonchev–Trinajstić information content (AvgIpc) is 2.51. The largest absolute Gasteiger partial charge is 1.00 e. The lowest BCUT2D eigenvalue weighted by Crippen LogP contribution is -3.00. The summed E-state index contributed by atoms with van der Waals surface area (Å²) in [4.78, 5) is 0. The lowest BCUT2D eigenvalue weighted by Gasteiger charge is -2.01. The lowest BCUT2D eigenvalue weighted by molar-refractivity contribution is -0.447. The van der Waals surface area contributed by atoms with Crippen LogP contribution in [0.15, 0.2) is 58.2 Å². The zero-order valence-electron chi connectivity index (χ0n) is 12.3. The van der Waals surface area contributed by atoms with E-state index in [4.69, 9.17) is 10.4 Å². The summed E-state index contributed by atoms with van der Waals surface area (Å²) in [5, 5.41) is 22.9. The summed E-state index contributed by atoms with van der Waals surface area (Å²) < 4.78 is 4.14. The van der Waals surface area contributed by atoms with Crippen LogP contribution >= 0.6 is 0 Å². The Morgan fingerprint density at radius 2 is 1.30 bits per heavy atom. The quantitative estimate of drug-likeness (QED) is 0.198. The molecule has 0 aromatic heterocycles. The molecule has 8 heteroatoms. The van der Waals surface area contributed by atoms with E-state index in [1.54, 1.807) is 0 Å². The topological polar surface area (TPSA) is 71.2 Å². The molecule has 0 saturated heterocycles.